The maximum Gasteiger partial charge on any atom is 0.275 e. The Morgan fingerprint density at radius 1 is 1.47 bits per heavy atom. The molecule has 0 aliphatic rings. The van der Waals surface area contributed by atoms with Gasteiger partial charge in [0.1, 0.15) is 16.5 Å². The molecule has 2 rings (SSSR count). The molecule has 0 aliphatic heterocycles. The third-order valence-electron chi connectivity index (χ3n) is 1.60. The fourth-order valence-corrected chi connectivity index (χ4v) is 1.39. The molecule has 6 nitrogen and oxygen atoms in total. The van der Waals surface area contributed by atoms with Crippen LogP contribution in [0.2, 0.25) is 0 Å². The molecule has 0 bridgehead atoms. The number of nitrogens with two attached hydrogens (primary N) is 1. The fourth-order valence-electron chi connectivity index (χ4n) is 0.976. The lowest BCUT2D eigenvalue weighted by Gasteiger charge is -2.00. The lowest BCUT2D eigenvalue weighted by Crippen LogP contribution is -2.13. The van der Waals surface area contributed by atoms with Gasteiger partial charge in [0.25, 0.3) is 5.91 Å². The molecular weight excluding hydrogens is 214 g/mol. The summed E-state index contributed by atoms with van der Waals surface area (Å²) in [6.07, 6.45) is 1.47. The van der Waals surface area contributed by atoms with Crippen LogP contribution in [-0.4, -0.2) is 20.5 Å². The van der Waals surface area contributed by atoms with Crippen LogP contribution in [0, 0.1) is 0 Å². The van der Waals surface area contributed by atoms with Crippen molar-refractivity contribution in [3.8, 4) is 0 Å². The highest BCUT2D eigenvalue weighted by molar-refractivity contribution is 7.10. The first-order valence-electron chi connectivity index (χ1n) is 4.07. The maximum atomic E-state index is 11.6. The summed E-state index contributed by atoms with van der Waals surface area (Å²) in [6, 6.07) is 4.87. The van der Waals surface area contributed by atoms with E-state index in [0.717, 1.165) is 11.5 Å². The SMILES string of the molecule is Nc1cccc(C(=O)Nc2cnns2)n1. The van der Waals surface area contributed by atoms with Crippen molar-refractivity contribution in [1.29, 1.82) is 0 Å². The Morgan fingerprint density at radius 3 is 3.00 bits per heavy atom. The lowest BCUT2D eigenvalue weighted by molar-refractivity contribution is 0.102. The average molecular weight is 221 g/mol. The van der Waals surface area contributed by atoms with Crippen LogP contribution in [0.15, 0.2) is 24.4 Å². The summed E-state index contributed by atoms with van der Waals surface area (Å²) < 4.78 is 3.62. The largest absolute Gasteiger partial charge is 0.384 e. The van der Waals surface area contributed by atoms with E-state index in [2.05, 4.69) is 19.9 Å². The first-order valence-corrected chi connectivity index (χ1v) is 4.84. The second-order valence-corrected chi connectivity index (χ2v) is 3.47. The average Bonchev–Trinajstić information content (AvgIpc) is 2.70. The van der Waals surface area contributed by atoms with Crippen molar-refractivity contribution in [3.05, 3.63) is 30.1 Å². The van der Waals surface area contributed by atoms with E-state index in [9.17, 15) is 4.79 Å². The van der Waals surface area contributed by atoms with Crippen LogP contribution in [0.1, 0.15) is 10.5 Å². The van der Waals surface area contributed by atoms with Crippen molar-refractivity contribution in [2.75, 3.05) is 11.1 Å². The van der Waals surface area contributed by atoms with E-state index in [4.69, 9.17) is 5.73 Å². The van der Waals surface area contributed by atoms with Gasteiger partial charge in [-0.3, -0.25) is 4.79 Å². The number of pyridine rings is 1. The summed E-state index contributed by atoms with van der Waals surface area (Å²) in [6.45, 7) is 0. The van der Waals surface area contributed by atoms with Crippen LogP contribution in [0.3, 0.4) is 0 Å². The molecule has 0 aromatic carbocycles. The zero-order chi connectivity index (χ0) is 10.7. The molecule has 76 valence electrons. The lowest BCUT2D eigenvalue weighted by atomic mass is 10.3. The highest BCUT2D eigenvalue weighted by Crippen LogP contribution is 2.11. The minimum atomic E-state index is -0.326. The highest BCUT2D eigenvalue weighted by Gasteiger charge is 2.08. The van der Waals surface area contributed by atoms with Crippen LogP contribution in [0.25, 0.3) is 0 Å². The number of rotatable bonds is 2. The molecule has 3 N–H and O–H groups in total. The van der Waals surface area contributed by atoms with Crippen LogP contribution in [-0.2, 0) is 0 Å². The van der Waals surface area contributed by atoms with Gasteiger partial charge in [-0.1, -0.05) is 10.6 Å². The fraction of sp³-hybridized carbons (Fsp3) is 0. The van der Waals surface area contributed by atoms with Gasteiger partial charge in [-0.05, 0) is 12.1 Å². The molecule has 0 saturated heterocycles. The number of amides is 1. The van der Waals surface area contributed by atoms with Crippen molar-refractivity contribution in [3.63, 3.8) is 0 Å². The predicted molar refractivity (Wildman–Crippen MR) is 56.5 cm³/mol. The molecule has 1 amide bonds. The molecule has 0 aliphatic carbocycles. The van der Waals surface area contributed by atoms with Gasteiger partial charge in [-0.25, -0.2) is 4.98 Å². The molecule has 2 aromatic rings. The second kappa shape index (κ2) is 4.01. The Kier molecular flexibility index (Phi) is 2.55. The predicted octanol–water partition coefficient (Wildman–Crippen LogP) is 0.768. The molecule has 2 heterocycles. The minimum absolute atomic E-state index is 0.267. The van der Waals surface area contributed by atoms with Crippen molar-refractivity contribution < 1.29 is 4.79 Å². The van der Waals surface area contributed by atoms with E-state index in [1.165, 1.54) is 6.20 Å². The summed E-state index contributed by atoms with van der Waals surface area (Å²) in [5.74, 6) is -0.0153. The second-order valence-electron chi connectivity index (χ2n) is 2.68. The van der Waals surface area contributed by atoms with E-state index < -0.39 is 0 Å². The van der Waals surface area contributed by atoms with Gasteiger partial charge in [0.15, 0.2) is 0 Å². The van der Waals surface area contributed by atoms with E-state index in [-0.39, 0.29) is 11.6 Å². The van der Waals surface area contributed by atoms with Crippen molar-refractivity contribution in [2.24, 2.45) is 0 Å². The summed E-state index contributed by atoms with van der Waals surface area (Å²) in [4.78, 5) is 15.5. The van der Waals surface area contributed by atoms with E-state index >= 15 is 0 Å². The van der Waals surface area contributed by atoms with Gasteiger partial charge in [0.2, 0.25) is 0 Å². The van der Waals surface area contributed by atoms with Crippen LogP contribution in [0.5, 0.6) is 0 Å². The van der Waals surface area contributed by atoms with Gasteiger partial charge in [0, 0.05) is 11.5 Å². The summed E-state index contributed by atoms with van der Waals surface area (Å²) in [5.41, 5.74) is 5.72. The molecular formula is C8H7N5OS. The van der Waals surface area contributed by atoms with Gasteiger partial charge in [-0.15, -0.1) is 5.10 Å². The molecule has 7 heteroatoms. The number of nitrogens with zero attached hydrogens (tertiary/aromatic N) is 3. The topological polar surface area (TPSA) is 93.8 Å². The monoisotopic (exact) mass is 221 g/mol. The van der Waals surface area contributed by atoms with Crippen LogP contribution >= 0.6 is 11.5 Å². The van der Waals surface area contributed by atoms with Crippen molar-refractivity contribution in [1.82, 2.24) is 14.6 Å². The van der Waals surface area contributed by atoms with Crippen molar-refractivity contribution >= 4 is 28.3 Å². The van der Waals surface area contributed by atoms with Gasteiger partial charge >= 0.3 is 0 Å². The molecule has 0 spiro atoms. The number of hydrogen-bond donors (Lipinski definition) is 2. The number of anilines is 2. The molecule has 0 unspecified atom stereocenters. The summed E-state index contributed by atoms with van der Waals surface area (Å²) in [7, 11) is 0. The molecule has 0 radical (unpaired) electrons. The zero-order valence-corrected chi connectivity index (χ0v) is 8.36. The van der Waals surface area contributed by atoms with Gasteiger partial charge < -0.3 is 11.1 Å². The molecule has 0 atom stereocenters. The quantitative estimate of drug-likeness (QED) is 0.781. The van der Waals surface area contributed by atoms with Crippen LogP contribution < -0.4 is 11.1 Å². The zero-order valence-electron chi connectivity index (χ0n) is 7.54. The molecule has 2 aromatic heterocycles. The first kappa shape index (κ1) is 9.53. The Labute approximate surface area is 89.3 Å². The van der Waals surface area contributed by atoms with Crippen molar-refractivity contribution in [2.45, 2.75) is 0 Å². The van der Waals surface area contributed by atoms with Gasteiger partial charge in [-0.2, -0.15) is 0 Å². The third kappa shape index (κ3) is 2.26. The maximum absolute atomic E-state index is 11.6. The number of aromatic nitrogens is 3. The smallest absolute Gasteiger partial charge is 0.275 e. The summed E-state index contributed by atoms with van der Waals surface area (Å²) >= 11 is 1.10. The Bertz CT molecular complexity index is 470. The number of carbonyl (C=O) groups excluding carboxylic acids is 1. The highest BCUT2D eigenvalue weighted by atomic mass is 32.1. The standard InChI is InChI=1S/C8H7N5OS/c9-6-3-1-2-5(11-6)8(14)12-7-4-10-13-15-7/h1-4H,(H2,9,11)(H,12,14). The minimum Gasteiger partial charge on any atom is -0.384 e. The number of hydrogen-bond acceptors (Lipinski definition) is 6. The van der Waals surface area contributed by atoms with E-state index in [0.29, 0.717) is 10.8 Å². The molecule has 0 fully saturated rings. The van der Waals surface area contributed by atoms with E-state index in [1.807, 2.05) is 0 Å². The number of carbonyl (C=O) groups is 1. The Balaban J connectivity index is 2.15. The Hall–Kier alpha value is -2.02. The summed E-state index contributed by atoms with van der Waals surface area (Å²) in [5, 5.41) is 6.77. The van der Waals surface area contributed by atoms with Gasteiger partial charge in [0.05, 0.1) is 6.20 Å². The Morgan fingerprint density at radius 2 is 2.33 bits per heavy atom. The normalized spacial score (nSPS) is 9.87. The van der Waals surface area contributed by atoms with Crippen LogP contribution in [0.4, 0.5) is 10.8 Å². The number of nitrogen functional groups attached to an aromatic ring is 1. The van der Waals surface area contributed by atoms with E-state index in [1.54, 1.807) is 18.2 Å². The molecule has 15 heavy (non-hydrogen) atoms. The number of nitrogens with one attached hydrogen (secondary N) is 1. The third-order valence-corrected chi connectivity index (χ3v) is 2.18. The molecule has 0 saturated carbocycles. The first-order chi connectivity index (χ1) is 7.25.